The van der Waals surface area contributed by atoms with Gasteiger partial charge in [-0.05, 0) is 17.7 Å². The Morgan fingerprint density at radius 1 is 0.889 bits per heavy atom. The van der Waals surface area contributed by atoms with Crippen LogP contribution in [-0.4, -0.2) is 4.98 Å². The summed E-state index contributed by atoms with van der Waals surface area (Å²) in [7, 11) is 0. The van der Waals surface area contributed by atoms with E-state index in [9.17, 15) is 0 Å². The third kappa shape index (κ3) is 1.87. The molecule has 1 heterocycles. The van der Waals surface area contributed by atoms with Gasteiger partial charge in [0, 0.05) is 17.5 Å². The normalized spacial score (nSPS) is 10.7. The number of hydrogen-bond acceptors (Lipinski definition) is 2. The number of rotatable bonds is 2. The number of nitrogens with zero attached hydrogens (tertiary/aromatic N) is 1. The fraction of sp³-hybridized carbons (Fsp3) is 0.0625. The van der Waals surface area contributed by atoms with Crippen molar-refractivity contribution in [2.24, 2.45) is 5.73 Å². The highest BCUT2D eigenvalue weighted by atomic mass is 14.7. The lowest BCUT2D eigenvalue weighted by atomic mass is 10.0. The molecule has 0 aliphatic carbocycles. The molecule has 0 unspecified atom stereocenters. The van der Waals surface area contributed by atoms with Gasteiger partial charge in [0.1, 0.15) is 0 Å². The van der Waals surface area contributed by atoms with Crippen molar-refractivity contribution in [2.75, 3.05) is 0 Å². The average Bonchev–Trinajstić information content (AvgIpc) is 2.47. The maximum absolute atomic E-state index is 5.84. The summed E-state index contributed by atoms with van der Waals surface area (Å²) in [6.45, 7) is 0.531. The summed E-state index contributed by atoms with van der Waals surface area (Å²) in [6.07, 6.45) is 0. The third-order valence-corrected chi connectivity index (χ3v) is 3.09. The molecule has 0 saturated heterocycles. The topological polar surface area (TPSA) is 38.9 Å². The van der Waals surface area contributed by atoms with Gasteiger partial charge < -0.3 is 5.73 Å². The molecule has 0 saturated carbocycles. The Bertz CT molecular complexity index is 675. The molecule has 0 atom stereocenters. The van der Waals surface area contributed by atoms with E-state index in [1.54, 1.807) is 0 Å². The van der Waals surface area contributed by atoms with Gasteiger partial charge in [-0.1, -0.05) is 48.5 Å². The van der Waals surface area contributed by atoms with E-state index in [4.69, 9.17) is 10.7 Å². The molecule has 0 fully saturated rings. The van der Waals surface area contributed by atoms with E-state index in [0.29, 0.717) is 6.54 Å². The highest BCUT2D eigenvalue weighted by molar-refractivity contribution is 5.85. The molecule has 2 heteroatoms. The summed E-state index contributed by atoms with van der Waals surface area (Å²) < 4.78 is 0. The van der Waals surface area contributed by atoms with Crippen LogP contribution in [0.1, 0.15) is 5.56 Å². The maximum Gasteiger partial charge on any atom is 0.0712 e. The SMILES string of the molecule is NCc1cc(-c2ccccc2)nc2ccccc12. The van der Waals surface area contributed by atoms with Gasteiger partial charge in [-0.25, -0.2) is 4.98 Å². The van der Waals surface area contributed by atoms with Crippen LogP contribution in [0.15, 0.2) is 60.7 Å². The third-order valence-electron chi connectivity index (χ3n) is 3.09. The lowest BCUT2D eigenvalue weighted by Crippen LogP contribution is -1.99. The van der Waals surface area contributed by atoms with Gasteiger partial charge in [0.15, 0.2) is 0 Å². The fourth-order valence-electron chi connectivity index (χ4n) is 2.17. The highest BCUT2D eigenvalue weighted by Crippen LogP contribution is 2.24. The van der Waals surface area contributed by atoms with Crippen LogP contribution in [0.5, 0.6) is 0 Å². The predicted octanol–water partition coefficient (Wildman–Crippen LogP) is 3.36. The Labute approximate surface area is 106 Å². The van der Waals surface area contributed by atoms with E-state index in [1.165, 1.54) is 0 Å². The first-order chi connectivity index (χ1) is 8.88. The van der Waals surface area contributed by atoms with Crippen LogP contribution < -0.4 is 5.73 Å². The first-order valence-corrected chi connectivity index (χ1v) is 6.02. The highest BCUT2D eigenvalue weighted by Gasteiger charge is 2.05. The average molecular weight is 234 g/mol. The summed E-state index contributed by atoms with van der Waals surface area (Å²) in [4.78, 5) is 4.70. The van der Waals surface area contributed by atoms with Crippen molar-refractivity contribution in [2.45, 2.75) is 6.54 Å². The lowest BCUT2D eigenvalue weighted by Gasteiger charge is -2.08. The second-order valence-electron chi connectivity index (χ2n) is 4.25. The first kappa shape index (κ1) is 10.9. The van der Waals surface area contributed by atoms with Crippen molar-refractivity contribution in [3.8, 4) is 11.3 Å². The summed E-state index contributed by atoms with van der Waals surface area (Å²) in [5.41, 5.74) is 10.1. The van der Waals surface area contributed by atoms with E-state index < -0.39 is 0 Å². The molecular weight excluding hydrogens is 220 g/mol. The minimum atomic E-state index is 0.531. The van der Waals surface area contributed by atoms with Crippen LogP contribution in [0.4, 0.5) is 0 Å². The summed E-state index contributed by atoms with van der Waals surface area (Å²) in [6, 6.07) is 20.4. The van der Waals surface area contributed by atoms with E-state index in [1.807, 2.05) is 36.4 Å². The number of aromatic nitrogens is 1. The minimum Gasteiger partial charge on any atom is -0.326 e. The monoisotopic (exact) mass is 234 g/mol. The smallest absolute Gasteiger partial charge is 0.0712 e. The fourth-order valence-corrected chi connectivity index (χ4v) is 2.17. The Balaban J connectivity index is 2.26. The van der Waals surface area contributed by atoms with E-state index in [-0.39, 0.29) is 0 Å². The zero-order chi connectivity index (χ0) is 12.4. The largest absolute Gasteiger partial charge is 0.326 e. The Morgan fingerprint density at radius 3 is 2.39 bits per heavy atom. The molecule has 0 aliphatic heterocycles. The summed E-state index contributed by atoms with van der Waals surface area (Å²) in [5.74, 6) is 0. The van der Waals surface area contributed by atoms with Crippen molar-refractivity contribution in [3.63, 3.8) is 0 Å². The molecule has 0 amide bonds. The quantitative estimate of drug-likeness (QED) is 0.738. The molecular formula is C16H14N2. The number of pyridine rings is 1. The van der Waals surface area contributed by atoms with Gasteiger partial charge in [0.05, 0.1) is 11.2 Å². The zero-order valence-electron chi connectivity index (χ0n) is 10.0. The molecule has 18 heavy (non-hydrogen) atoms. The van der Waals surface area contributed by atoms with Gasteiger partial charge >= 0.3 is 0 Å². The second-order valence-corrected chi connectivity index (χ2v) is 4.25. The van der Waals surface area contributed by atoms with Crippen molar-refractivity contribution < 1.29 is 0 Å². The number of para-hydroxylation sites is 1. The van der Waals surface area contributed by atoms with Gasteiger partial charge in [-0.2, -0.15) is 0 Å². The Hall–Kier alpha value is -2.19. The molecule has 2 N–H and O–H groups in total. The van der Waals surface area contributed by atoms with Crippen LogP contribution in [0.3, 0.4) is 0 Å². The number of fused-ring (bicyclic) bond motifs is 1. The van der Waals surface area contributed by atoms with Crippen LogP contribution in [0.25, 0.3) is 22.2 Å². The molecule has 3 aromatic rings. The zero-order valence-corrected chi connectivity index (χ0v) is 10.0. The Morgan fingerprint density at radius 2 is 1.61 bits per heavy atom. The van der Waals surface area contributed by atoms with Crippen molar-refractivity contribution >= 4 is 10.9 Å². The number of hydrogen-bond donors (Lipinski definition) is 1. The maximum atomic E-state index is 5.84. The van der Waals surface area contributed by atoms with E-state index in [0.717, 1.165) is 27.7 Å². The van der Waals surface area contributed by atoms with Crippen LogP contribution in [0, 0.1) is 0 Å². The first-order valence-electron chi connectivity index (χ1n) is 6.02. The van der Waals surface area contributed by atoms with Crippen LogP contribution >= 0.6 is 0 Å². The summed E-state index contributed by atoms with van der Waals surface area (Å²) >= 11 is 0. The van der Waals surface area contributed by atoms with Crippen LogP contribution in [0.2, 0.25) is 0 Å². The Kier molecular flexibility index (Phi) is 2.79. The van der Waals surface area contributed by atoms with Crippen LogP contribution in [-0.2, 0) is 6.54 Å². The van der Waals surface area contributed by atoms with Crippen molar-refractivity contribution in [3.05, 3.63) is 66.2 Å². The molecule has 88 valence electrons. The molecule has 0 aliphatic rings. The van der Waals surface area contributed by atoms with Gasteiger partial charge in [-0.3, -0.25) is 0 Å². The molecule has 0 bridgehead atoms. The lowest BCUT2D eigenvalue weighted by molar-refractivity contribution is 1.08. The van der Waals surface area contributed by atoms with Crippen molar-refractivity contribution in [1.29, 1.82) is 0 Å². The standard InChI is InChI=1S/C16H14N2/c17-11-13-10-16(12-6-2-1-3-7-12)18-15-9-5-4-8-14(13)15/h1-10H,11,17H2. The summed E-state index contributed by atoms with van der Waals surface area (Å²) in [5, 5.41) is 1.14. The molecule has 2 nitrogen and oxygen atoms in total. The van der Waals surface area contributed by atoms with E-state index in [2.05, 4.69) is 24.3 Å². The second kappa shape index (κ2) is 4.59. The molecule has 0 radical (unpaired) electrons. The molecule has 2 aromatic carbocycles. The molecule has 0 spiro atoms. The predicted molar refractivity (Wildman–Crippen MR) is 75.1 cm³/mol. The van der Waals surface area contributed by atoms with E-state index >= 15 is 0 Å². The minimum absolute atomic E-state index is 0.531. The molecule has 3 rings (SSSR count). The van der Waals surface area contributed by atoms with Gasteiger partial charge in [0.25, 0.3) is 0 Å². The molecule has 1 aromatic heterocycles. The number of benzene rings is 2. The van der Waals surface area contributed by atoms with Gasteiger partial charge in [-0.15, -0.1) is 0 Å². The van der Waals surface area contributed by atoms with Crippen molar-refractivity contribution in [1.82, 2.24) is 4.98 Å². The van der Waals surface area contributed by atoms with Gasteiger partial charge in [0.2, 0.25) is 0 Å². The number of nitrogens with two attached hydrogens (primary N) is 1.